The van der Waals surface area contributed by atoms with Gasteiger partial charge in [0.25, 0.3) is 0 Å². The van der Waals surface area contributed by atoms with Crippen LogP contribution >= 0.6 is 0 Å². The molecule has 0 radical (unpaired) electrons. The van der Waals surface area contributed by atoms with E-state index in [1.807, 2.05) is 56.3 Å². The summed E-state index contributed by atoms with van der Waals surface area (Å²) in [6.45, 7) is 3.81. The van der Waals surface area contributed by atoms with Gasteiger partial charge in [-0.25, -0.2) is 9.78 Å². The number of benzene rings is 2. The van der Waals surface area contributed by atoms with Crippen LogP contribution in [0.15, 0.2) is 59.1 Å². The number of hydrogen-bond acceptors (Lipinski definition) is 5. The van der Waals surface area contributed by atoms with Crippen LogP contribution in [0, 0.1) is 13.8 Å². The lowest BCUT2D eigenvalue weighted by Crippen LogP contribution is -2.11. The summed E-state index contributed by atoms with van der Waals surface area (Å²) in [5.41, 5.74) is 7.09. The minimum Gasteiger partial charge on any atom is -0.457 e. The van der Waals surface area contributed by atoms with Crippen molar-refractivity contribution in [3.05, 3.63) is 94.0 Å². The van der Waals surface area contributed by atoms with Crippen molar-refractivity contribution >= 4 is 28.5 Å². The molecule has 2 aromatic heterocycles. The first-order chi connectivity index (χ1) is 15.1. The van der Waals surface area contributed by atoms with Crippen LogP contribution in [-0.2, 0) is 17.8 Å². The molecule has 1 aliphatic carbocycles. The molecule has 31 heavy (non-hydrogen) atoms. The molecule has 5 rings (SSSR count). The summed E-state index contributed by atoms with van der Waals surface area (Å²) in [5, 5.41) is 4.77. The van der Waals surface area contributed by atoms with E-state index in [2.05, 4.69) is 23.4 Å². The smallest absolute Gasteiger partial charge is 0.339 e. The normalized spacial score (nSPS) is 14.2. The van der Waals surface area contributed by atoms with Gasteiger partial charge in [-0.15, -0.1) is 0 Å². The third-order valence-electron chi connectivity index (χ3n) is 5.82. The number of fused-ring (bicyclic) bond motifs is 2. The number of para-hydroxylation sites is 1. The first-order valence-electron chi connectivity index (χ1n) is 10.4. The predicted molar refractivity (Wildman–Crippen MR) is 119 cm³/mol. The maximum atomic E-state index is 13.3. The van der Waals surface area contributed by atoms with Crippen LogP contribution < -0.4 is 0 Å². The molecule has 2 heterocycles. The Labute approximate surface area is 180 Å². The minimum absolute atomic E-state index is 0.137. The lowest BCUT2D eigenvalue weighted by molar-refractivity contribution is 0.0472. The van der Waals surface area contributed by atoms with Gasteiger partial charge in [0, 0.05) is 5.39 Å². The summed E-state index contributed by atoms with van der Waals surface area (Å²) >= 11 is 0. The molecule has 2 aromatic carbocycles. The summed E-state index contributed by atoms with van der Waals surface area (Å²) < 4.78 is 10.9. The minimum atomic E-state index is -0.337. The van der Waals surface area contributed by atoms with Crippen molar-refractivity contribution in [1.82, 2.24) is 10.1 Å². The lowest BCUT2D eigenvalue weighted by atomic mass is 10.0. The molecule has 0 spiro atoms. The molecule has 0 atom stereocenters. The SMILES string of the molecule is Cc1noc(C)c1COC(=O)c1c2c(nc3ccccc13)C(=Cc1ccccc1)CC2. The number of esters is 1. The van der Waals surface area contributed by atoms with Gasteiger partial charge in [-0.1, -0.05) is 53.7 Å². The monoisotopic (exact) mass is 410 g/mol. The molecule has 1 aliphatic rings. The number of carbonyl (C=O) groups is 1. The summed E-state index contributed by atoms with van der Waals surface area (Å²) in [4.78, 5) is 18.2. The number of ether oxygens (including phenoxy) is 1. The van der Waals surface area contributed by atoms with Gasteiger partial charge in [-0.2, -0.15) is 0 Å². The number of aryl methyl sites for hydroxylation is 2. The zero-order valence-corrected chi connectivity index (χ0v) is 17.5. The van der Waals surface area contributed by atoms with Crippen LogP contribution in [0.3, 0.4) is 0 Å². The largest absolute Gasteiger partial charge is 0.457 e. The zero-order chi connectivity index (χ0) is 21.4. The van der Waals surface area contributed by atoms with Crippen LogP contribution in [-0.4, -0.2) is 16.1 Å². The molecule has 0 unspecified atom stereocenters. The average molecular weight is 410 g/mol. The van der Waals surface area contributed by atoms with Crippen LogP contribution in [0.5, 0.6) is 0 Å². The highest BCUT2D eigenvalue weighted by Crippen LogP contribution is 2.38. The first-order valence-corrected chi connectivity index (χ1v) is 10.4. The Morgan fingerprint density at radius 1 is 1.06 bits per heavy atom. The van der Waals surface area contributed by atoms with Gasteiger partial charge in [0.05, 0.1) is 28.0 Å². The van der Waals surface area contributed by atoms with E-state index in [1.165, 1.54) is 0 Å². The number of aromatic nitrogens is 2. The highest BCUT2D eigenvalue weighted by Gasteiger charge is 2.28. The first kappa shape index (κ1) is 19.2. The quantitative estimate of drug-likeness (QED) is 0.405. The van der Waals surface area contributed by atoms with E-state index in [9.17, 15) is 4.79 Å². The Morgan fingerprint density at radius 3 is 2.61 bits per heavy atom. The number of pyridine rings is 1. The Balaban J connectivity index is 1.57. The van der Waals surface area contributed by atoms with Gasteiger partial charge in [-0.3, -0.25) is 0 Å². The van der Waals surface area contributed by atoms with E-state index in [1.54, 1.807) is 0 Å². The van der Waals surface area contributed by atoms with Crippen molar-refractivity contribution in [3.63, 3.8) is 0 Å². The number of nitrogens with zero attached hydrogens (tertiary/aromatic N) is 2. The molecule has 5 heteroatoms. The van der Waals surface area contributed by atoms with Crippen molar-refractivity contribution in [3.8, 4) is 0 Å². The van der Waals surface area contributed by atoms with Crippen molar-refractivity contribution < 1.29 is 14.1 Å². The van der Waals surface area contributed by atoms with Crippen LogP contribution in [0.2, 0.25) is 0 Å². The second kappa shape index (κ2) is 7.84. The Bertz CT molecular complexity index is 1300. The molecular weight excluding hydrogens is 388 g/mol. The predicted octanol–water partition coefficient (Wildman–Crippen LogP) is 5.68. The zero-order valence-electron chi connectivity index (χ0n) is 17.5. The second-order valence-electron chi connectivity index (χ2n) is 7.79. The van der Waals surface area contributed by atoms with Crippen LogP contribution in [0.4, 0.5) is 0 Å². The van der Waals surface area contributed by atoms with E-state index in [4.69, 9.17) is 14.2 Å². The number of carbonyl (C=O) groups excluding carboxylic acids is 1. The molecular formula is C26H22N2O3. The Morgan fingerprint density at radius 2 is 1.84 bits per heavy atom. The summed E-state index contributed by atoms with van der Waals surface area (Å²) in [5.74, 6) is 0.332. The van der Waals surface area contributed by atoms with Gasteiger partial charge in [-0.05, 0) is 55.5 Å². The van der Waals surface area contributed by atoms with Crippen LogP contribution in [0.1, 0.15) is 50.6 Å². The van der Waals surface area contributed by atoms with Crippen molar-refractivity contribution in [2.75, 3.05) is 0 Å². The number of rotatable bonds is 4. The van der Waals surface area contributed by atoms with Gasteiger partial charge >= 0.3 is 5.97 Å². The van der Waals surface area contributed by atoms with E-state index in [0.717, 1.165) is 57.4 Å². The van der Waals surface area contributed by atoms with Crippen molar-refractivity contribution in [2.45, 2.75) is 33.3 Å². The fraction of sp³-hybridized carbons (Fsp3) is 0.192. The summed E-state index contributed by atoms with van der Waals surface area (Å²) in [6.07, 6.45) is 3.77. The number of allylic oxidation sites excluding steroid dienone is 1. The standard InChI is InChI=1S/C26H22N2O3/c1-16-22(17(2)31-28-16)15-30-26(29)24-20-10-6-7-11-23(20)27-25-19(12-13-21(24)25)14-18-8-4-3-5-9-18/h3-11,14H,12-13,15H2,1-2H3. The highest BCUT2D eigenvalue weighted by atomic mass is 16.5. The molecule has 5 nitrogen and oxygen atoms in total. The molecule has 0 amide bonds. The summed E-state index contributed by atoms with van der Waals surface area (Å²) in [6, 6.07) is 17.9. The van der Waals surface area contributed by atoms with Crippen LogP contribution in [0.25, 0.3) is 22.6 Å². The molecule has 154 valence electrons. The maximum absolute atomic E-state index is 13.3. The van der Waals surface area contributed by atoms with E-state index >= 15 is 0 Å². The third-order valence-corrected chi connectivity index (χ3v) is 5.82. The van der Waals surface area contributed by atoms with Crippen molar-refractivity contribution in [1.29, 1.82) is 0 Å². The Hall–Kier alpha value is -3.73. The number of hydrogen-bond donors (Lipinski definition) is 0. The third kappa shape index (κ3) is 3.52. The molecule has 0 aliphatic heterocycles. The fourth-order valence-corrected chi connectivity index (χ4v) is 4.18. The maximum Gasteiger partial charge on any atom is 0.339 e. The van der Waals surface area contributed by atoms with Gasteiger partial charge in [0.2, 0.25) is 0 Å². The molecule has 0 N–H and O–H groups in total. The molecule has 0 bridgehead atoms. The second-order valence-corrected chi connectivity index (χ2v) is 7.79. The van der Waals surface area contributed by atoms with E-state index < -0.39 is 0 Å². The Kier molecular flexibility index (Phi) is 4.86. The topological polar surface area (TPSA) is 65.2 Å². The van der Waals surface area contributed by atoms with Gasteiger partial charge in [0.1, 0.15) is 12.4 Å². The molecule has 0 saturated carbocycles. The van der Waals surface area contributed by atoms with Gasteiger partial charge in [0.15, 0.2) is 0 Å². The van der Waals surface area contributed by atoms with E-state index in [-0.39, 0.29) is 12.6 Å². The van der Waals surface area contributed by atoms with Gasteiger partial charge < -0.3 is 9.26 Å². The summed E-state index contributed by atoms with van der Waals surface area (Å²) in [7, 11) is 0. The molecule has 4 aromatic rings. The van der Waals surface area contributed by atoms with E-state index in [0.29, 0.717) is 11.3 Å². The van der Waals surface area contributed by atoms with Crippen molar-refractivity contribution in [2.24, 2.45) is 0 Å². The fourth-order valence-electron chi connectivity index (χ4n) is 4.18. The average Bonchev–Trinajstić information content (AvgIpc) is 3.33. The highest BCUT2D eigenvalue weighted by molar-refractivity contribution is 6.07. The molecule has 0 fully saturated rings. The lowest BCUT2D eigenvalue weighted by Gasteiger charge is -2.12. The molecule has 0 saturated heterocycles.